The monoisotopic (exact) mass is 289 g/mol. The first-order valence-corrected chi connectivity index (χ1v) is 7.42. The molecule has 0 atom stereocenters. The molecule has 20 heavy (non-hydrogen) atoms. The van der Waals surface area contributed by atoms with E-state index in [1.807, 2.05) is 31.2 Å². The number of aryl methyl sites for hydroxylation is 1. The van der Waals surface area contributed by atoms with Gasteiger partial charge in [-0.3, -0.25) is 0 Å². The van der Waals surface area contributed by atoms with E-state index in [-0.39, 0.29) is 6.03 Å². The molecular weight excluding hydrogens is 270 g/mol. The minimum atomic E-state index is -0.201. The van der Waals surface area contributed by atoms with Crippen LogP contribution in [0.3, 0.4) is 0 Å². The van der Waals surface area contributed by atoms with Crippen LogP contribution < -0.4 is 10.6 Å². The van der Waals surface area contributed by atoms with Gasteiger partial charge in [0.15, 0.2) is 0 Å². The van der Waals surface area contributed by atoms with Gasteiger partial charge in [-0.15, -0.1) is 11.3 Å². The van der Waals surface area contributed by atoms with Gasteiger partial charge in [0.05, 0.1) is 11.6 Å². The molecule has 1 aromatic heterocycles. The molecule has 2 aromatic rings. The van der Waals surface area contributed by atoms with Crippen molar-refractivity contribution >= 4 is 23.1 Å². The Morgan fingerprint density at radius 2 is 2.00 bits per heavy atom. The molecule has 0 aliphatic carbocycles. The van der Waals surface area contributed by atoms with Crippen LogP contribution in [0.2, 0.25) is 0 Å². The van der Waals surface area contributed by atoms with Gasteiger partial charge >= 0.3 is 6.03 Å². The number of carbonyl (C=O) groups is 1. The van der Waals surface area contributed by atoms with Crippen LogP contribution in [0.4, 0.5) is 10.5 Å². The zero-order chi connectivity index (χ0) is 14.5. The summed E-state index contributed by atoms with van der Waals surface area (Å²) in [6.45, 7) is 6.74. The molecule has 0 unspecified atom stereocenters. The largest absolute Gasteiger partial charge is 0.333 e. The first-order chi connectivity index (χ1) is 9.54. The minimum absolute atomic E-state index is 0.201. The molecule has 5 heteroatoms. The van der Waals surface area contributed by atoms with Crippen molar-refractivity contribution in [2.45, 2.75) is 33.2 Å². The van der Waals surface area contributed by atoms with Crippen molar-refractivity contribution in [1.29, 1.82) is 0 Å². The number of nitrogens with zero attached hydrogens (tertiary/aromatic N) is 1. The molecular formula is C15H19N3OS. The van der Waals surface area contributed by atoms with Crippen LogP contribution in [0.1, 0.15) is 35.2 Å². The summed E-state index contributed by atoms with van der Waals surface area (Å²) in [6, 6.07) is 7.71. The summed E-state index contributed by atoms with van der Waals surface area (Å²) >= 11 is 1.59. The highest BCUT2D eigenvalue weighted by Crippen LogP contribution is 2.17. The second kappa shape index (κ2) is 6.52. The number of carbonyl (C=O) groups excluding carboxylic acids is 1. The highest BCUT2D eigenvalue weighted by molar-refractivity contribution is 7.11. The second-order valence-corrected chi connectivity index (χ2v) is 6.25. The van der Waals surface area contributed by atoms with Gasteiger partial charge in [-0.05, 0) is 30.5 Å². The minimum Gasteiger partial charge on any atom is -0.333 e. The Labute approximate surface area is 123 Å². The van der Waals surface area contributed by atoms with Crippen molar-refractivity contribution in [1.82, 2.24) is 10.3 Å². The molecule has 2 amide bonds. The Morgan fingerprint density at radius 3 is 2.55 bits per heavy atom. The lowest BCUT2D eigenvalue weighted by atomic mass is 10.0. The van der Waals surface area contributed by atoms with Crippen LogP contribution in [0.5, 0.6) is 0 Å². The average molecular weight is 289 g/mol. The summed E-state index contributed by atoms with van der Waals surface area (Å²) < 4.78 is 0. The van der Waals surface area contributed by atoms with Crippen LogP contribution >= 0.6 is 11.3 Å². The lowest BCUT2D eigenvalue weighted by Gasteiger charge is -2.09. The highest BCUT2D eigenvalue weighted by Gasteiger charge is 2.04. The molecule has 0 radical (unpaired) electrons. The predicted molar refractivity (Wildman–Crippen MR) is 83.2 cm³/mol. The zero-order valence-corrected chi connectivity index (χ0v) is 12.8. The molecule has 1 heterocycles. The third-order valence-corrected chi connectivity index (χ3v) is 3.84. The Bertz CT molecular complexity index is 575. The molecule has 0 bridgehead atoms. The quantitative estimate of drug-likeness (QED) is 0.897. The number of rotatable bonds is 4. The van der Waals surface area contributed by atoms with Crippen LogP contribution in [0, 0.1) is 6.92 Å². The number of anilines is 1. The number of benzene rings is 1. The van der Waals surface area contributed by atoms with E-state index in [4.69, 9.17) is 0 Å². The van der Waals surface area contributed by atoms with E-state index >= 15 is 0 Å². The first-order valence-electron chi connectivity index (χ1n) is 6.60. The van der Waals surface area contributed by atoms with E-state index in [0.717, 1.165) is 15.6 Å². The Morgan fingerprint density at radius 1 is 1.30 bits per heavy atom. The van der Waals surface area contributed by atoms with Gasteiger partial charge in [0.1, 0.15) is 0 Å². The third-order valence-electron chi connectivity index (χ3n) is 2.93. The SMILES string of the molecule is Cc1ncc(CNC(=O)Nc2ccc(C(C)C)cc2)s1. The van der Waals surface area contributed by atoms with Crippen LogP contribution in [0.25, 0.3) is 0 Å². The summed E-state index contributed by atoms with van der Waals surface area (Å²) in [7, 11) is 0. The van der Waals surface area contributed by atoms with Crippen molar-refractivity contribution in [3.63, 3.8) is 0 Å². The number of hydrogen-bond donors (Lipinski definition) is 2. The fourth-order valence-corrected chi connectivity index (χ4v) is 2.52. The summed E-state index contributed by atoms with van der Waals surface area (Å²) in [5, 5.41) is 6.64. The van der Waals surface area contributed by atoms with E-state index in [1.54, 1.807) is 17.5 Å². The number of amides is 2. The molecule has 1 aromatic carbocycles. The number of urea groups is 1. The average Bonchev–Trinajstić information content (AvgIpc) is 2.83. The van der Waals surface area contributed by atoms with Crippen LogP contribution in [-0.2, 0) is 6.54 Å². The van der Waals surface area contributed by atoms with E-state index in [2.05, 4.69) is 29.5 Å². The van der Waals surface area contributed by atoms with Crippen molar-refractivity contribution < 1.29 is 4.79 Å². The van der Waals surface area contributed by atoms with Gasteiger partial charge in [-0.25, -0.2) is 9.78 Å². The van der Waals surface area contributed by atoms with Gasteiger partial charge in [-0.1, -0.05) is 26.0 Å². The Hall–Kier alpha value is -1.88. The van der Waals surface area contributed by atoms with Gasteiger partial charge in [0.2, 0.25) is 0 Å². The maximum atomic E-state index is 11.8. The number of hydrogen-bond acceptors (Lipinski definition) is 3. The molecule has 4 nitrogen and oxygen atoms in total. The maximum absolute atomic E-state index is 11.8. The molecule has 2 N–H and O–H groups in total. The van der Waals surface area contributed by atoms with Gasteiger partial charge in [-0.2, -0.15) is 0 Å². The molecule has 0 saturated heterocycles. The third kappa shape index (κ3) is 4.06. The highest BCUT2D eigenvalue weighted by atomic mass is 32.1. The molecule has 0 saturated carbocycles. The smallest absolute Gasteiger partial charge is 0.319 e. The molecule has 106 valence electrons. The standard InChI is InChI=1S/C15H19N3OS/c1-10(2)12-4-6-13(7-5-12)18-15(19)17-9-14-8-16-11(3)20-14/h4-8,10H,9H2,1-3H3,(H2,17,18,19). The number of nitrogens with one attached hydrogen (secondary N) is 2. The number of aromatic nitrogens is 1. The van der Waals surface area contributed by atoms with Crippen molar-refractivity contribution in [3.05, 3.63) is 45.9 Å². The molecule has 0 fully saturated rings. The Kier molecular flexibility index (Phi) is 4.74. The maximum Gasteiger partial charge on any atom is 0.319 e. The number of thiazole rings is 1. The molecule has 0 spiro atoms. The van der Waals surface area contributed by atoms with Crippen LogP contribution in [0.15, 0.2) is 30.5 Å². The molecule has 0 aliphatic heterocycles. The zero-order valence-electron chi connectivity index (χ0n) is 11.9. The lowest BCUT2D eigenvalue weighted by Crippen LogP contribution is -2.27. The van der Waals surface area contributed by atoms with Crippen molar-refractivity contribution in [2.24, 2.45) is 0 Å². The fourth-order valence-electron chi connectivity index (χ4n) is 1.78. The topological polar surface area (TPSA) is 54.0 Å². The summed E-state index contributed by atoms with van der Waals surface area (Å²) in [5.74, 6) is 0.493. The Balaban J connectivity index is 1.84. The molecule has 0 aliphatic rings. The van der Waals surface area contributed by atoms with E-state index in [1.165, 1.54) is 5.56 Å². The second-order valence-electron chi connectivity index (χ2n) is 4.93. The predicted octanol–water partition coefficient (Wildman–Crippen LogP) is 3.90. The molecule has 2 rings (SSSR count). The first kappa shape index (κ1) is 14.5. The van der Waals surface area contributed by atoms with Gasteiger partial charge in [0, 0.05) is 16.8 Å². The van der Waals surface area contributed by atoms with E-state index < -0.39 is 0 Å². The van der Waals surface area contributed by atoms with Crippen LogP contribution in [-0.4, -0.2) is 11.0 Å². The van der Waals surface area contributed by atoms with E-state index in [9.17, 15) is 4.79 Å². The normalized spacial score (nSPS) is 10.6. The summed E-state index contributed by atoms with van der Waals surface area (Å²) in [6.07, 6.45) is 1.79. The summed E-state index contributed by atoms with van der Waals surface area (Å²) in [5.41, 5.74) is 2.06. The van der Waals surface area contributed by atoms with Crippen molar-refractivity contribution in [2.75, 3.05) is 5.32 Å². The lowest BCUT2D eigenvalue weighted by molar-refractivity contribution is 0.252. The van der Waals surface area contributed by atoms with Gasteiger partial charge < -0.3 is 10.6 Å². The van der Waals surface area contributed by atoms with Gasteiger partial charge in [0.25, 0.3) is 0 Å². The fraction of sp³-hybridized carbons (Fsp3) is 0.333. The summed E-state index contributed by atoms with van der Waals surface area (Å²) in [4.78, 5) is 17.0. The van der Waals surface area contributed by atoms with E-state index in [0.29, 0.717) is 12.5 Å². The van der Waals surface area contributed by atoms with Crippen molar-refractivity contribution in [3.8, 4) is 0 Å².